The van der Waals surface area contributed by atoms with Crippen LogP contribution in [0.2, 0.25) is 0 Å². The van der Waals surface area contributed by atoms with E-state index in [2.05, 4.69) is 64.8 Å². The molecule has 2 saturated heterocycles. The number of rotatable bonds is 8. The molecule has 2 aliphatic heterocycles. The summed E-state index contributed by atoms with van der Waals surface area (Å²) >= 11 is 0. The Kier molecular flexibility index (Phi) is 7.79. The quantitative estimate of drug-likeness (QED) is 0.639. The molecule has 0 aromatic heterocycles. The van der Waals surface area contributed by atoms with Gasteiger partial charge in [0.25, 0.3) is 0 Å². The highest BCUT2D eigenvalue weighted by Crippen LogP contribution is 2.35. The molecule has 0 spiro atoms. The lowest BCUT2D eigenvalue weighted by atomic mass is 10.1. The third-order valence-corrected chi connectivity index (χ3v) is 7.70. The van der Waals surface area contributed by atoms with Crippen LogP contribution in [0.4, 0.5) is 0 Å². The van der Waals surface area contributed by atoms with Gasteiger partial charge in [-0.15, -0.1) is 0 Å². The predicted octanol–water partition coefficient (Wildman–Crippen LogP) is 2.93. The summed E-state index contributed by atoms with van der Waals surface area (Å²) in [7, 11) is 0. The number of likely N-dealkylation sites (tertiary alicyclic amines) is 1. The van der Waals surface area contributed by atoms with E-state index in [0.717, 1.165) is 71.4 Å². The first-order valence-electron chi connectivity index (χ1n) is 13.3. The lowest BCUT2D eigenvalue weighted by Gasteiger charge is -2.29. The van der Waals surface area contributed by atoms with Gasteiger partial charge in [-0.3, -0.25) is 14.5 Å². The van der Waals surface area contributed by atoms with E-state index in [1.54, 1.807) is 0 Å². The molecule has 6 heteroatoms. The number of carbonyl (C=O) groups is 2. The van der Waals surface area contributed by atoms with E-state index in [0.29, 0.717) is 6.54 Å². The molecule has 2 unspecified atom stereocenters. The number of hydrogen-bond donors (Lipinski definition) is 1. The van der Waals surface area contributed by atoms with Crippen LogP contribution in [0, 0.1) is 5.92 Å². The van der Waals surface area contributed by atoms with E-state index in [1.807, 2.05) is 15.9 Å². The van der Waals surface area contributed by atoms with Crippen molar-refractivity contribution in [1.29, 1.82) is 0 Å². The van der Waals surface area contributed by atoms with Crippen molar-refractivity contribution in [2.45, 2.75) is 50.7 Å². The number of benzene rings is 2. The summed E-state index contributed by atoms with van der Waals surface area (Å²) in [6, 6.07) is 21.0. The second kappa shape index (κ2) is 11.4. The second-order valence-corrected chi connectivity index (χ2v) is 10.3. The minimum absolute atomic E-state index is 0.127. The smallest absolute Gasteiger partial charge is 0.245 e. The van der Waals surface area contributed by atoms with Crippen LogP contribution in [0.3, 0.4) is 0 Å². The zero-order valence-electron chi connectivity index (χ0n) is 20.6. The van der Waals surface area contributed by atoms with E-state index < -0.39 is 0 Å². The van der Waals surface area contributed by atoms with Crippen LogP contribution in [-0.2, 0) is 22.6 Å². The summed E-state index contributed by atoms with van der Waals surface area (Å²) in [6.45, 7) is 5.68. The second-order valence-electron chi connectivity index (χ2n) is 10.3. The normalized spacial score (nSPS) is 22.9. The Hall–Kier alpha value is -2.70. The highest BCUT2D eigenvalue weighted by Gasteiger charge is 2.46. The first-order chi connectivity index (χ1) is 17.2. The number of nitrogens with zero attached hydrogens (tertiary/aromatic N) is 3. The minimum Gasteiger partial charge on any atom is -0.340 e. The molecular formula is C29H38N4O2. The summed E-state index contributed by atoms with van der Waals surface area (Å²) in [5.41, 5.74) is 2.59. The highest BCUT2D eigenvalue weighted by molar-refractivity contribution is 5.90. The van der Waals surface area contributed by atoms with Crippen molar-refractivity contribution in [3.05, 3.63) is 71.8 Å². The molecule has 35 heavy (non-hydrogen) atoms. The van der Waals surface area contributed by atoms with E-state index in [9.17, 15) is 9.59 Å². The summed E-state index contributed by atoms with van der Waals surface area (Å²) < 4.78 is 0. The van der Waals surface area contributed by atoms with Crippen molar-refractivity contribution in [3.8, 4) is 0 Å². The van der Waals surface area contributed by atoms with Crippen LogP contribution < -0.4 is 5.32 Å². The molecule has 1 N–H and O–H groups in total. The Labute approximate surface area is 209 Å². The van der Waals surface area contributed by atoms with Gasteiger partial charge in [-0.1, -0.05) is 60.7 Å². The summed E-state index contributed by atoms with van der Waals surface area (Å²) in [6.07, 6.45) is 4.59. The molecular weight excluding hydrogens is 436 g/mol. The molecule has 2 atom stereocenters. The molecule has 0 bridgehead atoms. The Balaban J connectivity index is 1.35. The fourth-order valence-electron chi connectivity index (χ4n) is 5.52. The Morgan fingerprint density at radius 3 is 2.31 bits per heavy atom. The molecule has 3 fully saturated rings. The lowest BCUT2D eigenvalue weighted by Crippen LogP contribution is -2.49. The molecule has 2 amide bonds. The van der Waals surface area contributed by atoms with Gasteiger partial charge in [-0.05, 0) is 49.8 Å². The van der Waals surface area contributed by atoms with Crippen LogP contribution in [0.1, 0.15) is 36.8 Å². The largest absolute Gasteiger partial charge is 0.340 e. The predicted molar refractivity (Wildman–Crippen MR) is 138 cm³/mol. The first kappa shape index (κ1) is 24.0. The first-order valence-corrected chi connectivity index (χ1v) is 13.3. The van der Waals surface area contributed by atoms with Crippen molar-refractivity contribution < 1.29 is 9.59 Å². The standard InChI is InChI=1S/C29H38N4O2/c34-28(25-12-13-25)33-22-26(20-27(33)29(35)31-17-7-15-30-16-19-31)32(21-24-10-5-2-6-11-24)18-14-23-8-3-1-4-9-23/h1-6,8-11,25-27,30H,7,12-22H2. The topological polar surface area (TPSA) is 55.9 Å². The third kappa shape index (κ3) is 6.11. The summed E-state index contributed by atoms with van der Waals surface area (Å²) in [5.74, 6) is 0.469. The maximum Gasteiger partial charge on any atom is 0.245 e. The van der Waals surface area contributed by atoms with Gasteiger partial charge >= 0.3 is 0 Å². The molecule has 2 aromatic carbocycles. The Morgan fingerprint density at radius 1 is 0.886 bits per heavy atom. The van der Waals surface area contributed by atoms with Crippen LogP contribution >= 0.6 is 0 Å². The van der Waals surface area contributed by atoms with E-state index in [1.165, 1.54) is 11.1 Å². The van der Waals surface area contributed by atoms with Crippen molar-refractivity contribution in [2.24, 2.45) is 5.92 Å². The molecule has 2 heterocycles. The molecule has 6 nitrogen and oxygen atoms in total. The molecule has 5 rings (SSSR count). The van der Waals surface area contributed by atoms with Crippen molar-refractivity contribution in [1.82, 2.24) is 20.0 Å². The number of carbonyl (C=O) groups excluding carboxylic acids is 2. The van der Waals surface area contributed by atoms with E-state index in [-0.39, 0.29) is 29.8 Å². The van der Waals surface area contributed by atoms with Gasteiger partial charge in [0.05, 0.1) is 0 Å². The average molecular weight is 475 g/mol. The zero-order valence-corrected chi connectivity index (χ0v) is 20.6. The molecule has 2 aromatic rings. The maximum atomic E-state index is 13.7. The number of hydrogen-bond acceptors (Lipinski definition) is 4. The van der Waals surface area contributed by atoms with Crippen LogP contribution in [-0.4, -0.2) is 77.9 Å². The van der Waals surface area contributed by atoms with Gasteiger partial charge in [-0.25, -0.2) is 0 Å². The zero-order chi connectivity index (χ0) is 24.0. The monoisotopic (exact) mass is 474 g/mol. The summed E-state index contributed by atoms with van der Waals surface area (Å²) in [5, 5.41) is 3.39. The molecule has 1 aliphatic carbocycles. The van der Waals surface area contributed by atoms with Crippen LogP contribution in [0.5, 0.6) is 0 Å². The fraction of sp³-hybridized carbons (Fsp3) is 0.517. The average Bonchev–Trinajstić information content (AvgIpc) is 3.70. The van der Waals surface area contributed by atoms with Crippen molar-refractivity contribution in [2.75, 3.05) is 39.3 Å². The van der Waals surface area contributed by atoms with Crippen molar-refractivity contribution >= 4 is 11.8 Å². The Bertz CT molecular complexity index is 971. The Morgan fingerprint density at radius 2 is 1.60 bits per heavy atom. The van der Waals surface area contributed by atoms with Gasteiger partial charge in [0.15, 0.2) is 0 Å². The van der Waals surface area contributed by atoms with Crippen LogP contribution in [0.15, 0.2) is 60.7 Å². The minimum atomic E-state index is -0.332. The highest BCUT2D eigenvalue weighted by atomic mass is 16.2. The third-order valence-electron chi connectivity index (χ3n) is 7.70. The van der Waals surface area contributed by atoms with E-state index >= 15 is 0 Å². The summed E-state index contributed by atoms with van der Waals surface area (Å²) in [4.78, 5) is 33.5. The number of nitrogens with one attached hydrogen (secondary N) is 1. The van der Waals surface area contributed by atoms with Gasteiger partial charge < -0.3 is 15.1 Å². The van der Waals surface area contributed by atoms with Gasteiger partial charge in [0.1, 0.15) is 6.04 Å². The number of amides is 2. The fourth-order valence-corrected chi connectivity index (χ4v) is 5.52. The van der Waals surface area contributed by atoms with Gasteiger partial charge in [0.2, 0.25) is 11.8 Å². The molecule has 0 radical (unpaired) electrons. The molecule has 3 aliphatic rings. The van der Waals surface area contributed by atoms with E-state index in [4.69, 9.17) is 0 Å². The SMILES string of the molecule is O=C(C1CC(N(CCc2ccccc2)Cc2ccccc2)CN1C(=O)C1CC1)N1CCCNCC1. The molecule has 186 valence electrons. The van der Waals surface area contributed by atoms with Gasteiger partial charge in [-0.2, -0.15) is 0 Å². The van der Waals surface area contributed by atoms with Crippen LogP contribution in [0.25, 0.3) is 0 Å². The lowest BCUT2D eigenvalue weighted by molar-refractivity contribution is -0.144. The molecule has 1 saturated carbocycles. The van der Waals surface area contributed by atoms with Gasteiger partial charge in [0, 0.05) is 51.2 Å². The van der Waals surface area contributed by atoms with Crippen molar-refractivity contribution in [3.63, 3.8) is 0 Å². The maximum absolute atomic E-state index is 13.7.